The second kappa shape index (κ2) is 5.03. The van der Waals surface area contributed by atoms with Crippen molar-refractivity contribution in [3.8, 4) is 0 Å². The van der Waals surface area contributed by atoms with Crippen LogP contribution in [0, 0.1) is 6.92 Å². The molecule has 0 radical (unpaired) electrons. The topological polar surface area (TPSA) is 17.1 Å². The first-order valence-electron chi connectivity index (χ1n) is 5.14. The van der Waals surface area contributed by atoms with Crippen LogP contribution in [0.3, 0.4) is 0 Å². The van der Waals surface area contributed by atoms with E-state index >= 15 is 0 Å². The largest absolute Gasteiger partial charge is 0.289 e. The summed E-state index contributed by atoms with van der Waals surface area (Å²) < 4.78 is 0.897. The smallest absolute Gasteiger partial charge is 0.193 e. The normalized spacial score (nSPS) is 10.3. The fraction of sp³-hybridized carbons (Fsp3) is 0.0714. The maximum Gasteiger partial charge on any atom is 0.193 e. The van der Waals surface area contributed by atoms with Gasteiger partial charge in [0.05, 0.1) is 0 Å². The molecule has 0 fully saturated rings. The third kappa shape index (κ3) is 2.76. The molecule has 0 unspecified atom stereocenters. The molecular weight excluding hydrogens is 300 g/mol. The van der Waals surface area contributed by atoms with E-state index < -0.39 is 0 Å². The number of ketones is 1. The number of carbonyl (C=O) groups is 1. The van der Waals surface area contributed by atoms with Crippen molar-refractivity contribution in [1.82, 2.24) is 0 Å². The molecule has 1 nitrogen and oxygen atoms in total. The summed E-state index contributed by atoms with van der Waals surface area (Å²) in [5.41, 5.74) is 2.23. The lowest BCUT2D eigenvalue weighted by atomic mass is 10.0. The quantitative estimate of drug-likeness (QED) is 0.738. The monoisotopic (exact) mass is 308 g/mol. The van der Waals surface area contributed by atoms with E-state index in [1.54, 1.807) is 18.2 Å². The number of rotatable bonds is 2. The maximum atomic E-state index is 12.2. The maximum absolute atomic E-state index is 12.2. The number of hydrogen-bond acceptors (Lipinski definition) is 1. The minimum absolute atomic E-state index is 0.00562. The predicted octanol–water partition coefficient (Wildman–Crippen LogP) is 4.64. The molecule has 3 heteroatoms. The van der Waals surface area contributed by atoms with Gasteiger partial charge >= 0.3 is 0 Å². The molecule has 0 saturated carbocycles. The van der Waals surface area contributed by atoms with Crippen LogP contribution in [-0.4, -0.2) is 5.78 Å². The zero-order valence-electron chi connectivity index (χ0n) is 9.21. The molecule has 0 aliphatic rings. The predicted molar refractivity (Wildman–Crippen MR) is 73.8 cm³/mol. The highest BCUT2D eigenvalue weighted by molar-refractivity contribution is 9.10. The van der Waals surface area contributed by atoms with Crippen molar-refractivity contribution in [2.24, 2.45) is 0 Å². The van der Waals surface area contributed by atoms with E-state index in [0.717, 1.165) is 10.0 Å². The zero-order chi connectivity index (χ0) is 12.4. The van der Waals surface area contributed by atoms with Gasteiger partial charge in [-0.05, 0) is 42.8 Å². The third-order valence-electron chi connectivity index (χ3n) is 2.51. The van der Waals surface area contributed by atoms with E-state index in [1.807, 2.05) is 31.2 Å². The molecule has 0 N–H and O–H groups in total. The summed E-state index contributed by atoms with van der Waals surface area (Å²) in [6, 6.07) is 12.7. The number of carbonyl (C=O) groups excluding carboxylic acids is 1. The van der Waals surface area contributed by atoms with Crippen LogP contribution in [0.1, 0.15) is 21.5 Å². The molecule has 2 aromatic rings. The van der Waals surface area contributed by atoms with Gasteiger partial charge in [0.15, 0.2) is 5.78 Å². The van der Waals surface area contributed by atoms with E-state index in [4.69, 9.17) is 11.6 Å². The van der Waals surface area contributed by atoms with E-state index in [0.29, 0.717) is 16.1 Å². The number of aryl methyl sites for hydroxylation is 1. The molecular formula is C14H10BrClO. The third-order valence-corrected chi connectivity index (χ3v) is 3.42. The second-order valence-corrected chi connectivity index (χ2v) is 5.13. The molecule has 0 atom stereocenters. The van der Waals surface area contributed by atoms with Crippen molar-refractivity contribution in [3.63, 3.8) is 0 Å². The number of hydrogen-bond donors (Lipinski definition) is 0. The summed E-state index contributed by atoms with van der Waals surface area (Å²) in [5.74, 6) is 0.00562. The summed E-state index contributed by atoms with van der Waals surface area (Å²) in [5, 5.41) is 0.677. The Balaban J connectivity index is 2.40. The SMILES string of the molecule is Cc1cc(C(=O)c2cccc(Br)c2)ccc1Cl. The molecule has 86 valence electrons. The van der Waals surface area contributed by atoms with E-state index in [9.17, 15) is 4.79 Å². The molecule has 2 rings (SSSR count). The molecule has 0 aliphatic heterocycles. The first-order chi connectivity index (χ1) is 8.08. The van der Waals surface area contributed by atoms with Crippen LogP contribution in [0.15, 0.2) is 46.9 Å². The van der Waals surface area contributed by atoms with Gasteiger partial charge in [0.25, 0.3) is 0 Å². The van der Waals surface area contributed by atoms with Gasteiger partial charge in [-0.25, -0.2) is 0 Å². The van der Waals surface area contributed by atoms with Crippen LogP contribution in [0.5, 0.6) is 0 Å². The van der Waals surface area contributed by atoms with Crippen LogP contribution in [0.25, 0.3) is 0 Å². The molecule has 0 aliphatic carbocycles. The van der Waals surface area contributed by atoms with Crippen molar-refractivity contribution < 1.29 is 4.79 Å². The Morgan fingerprint density at radius 3 is 2.47 bits per heavy atom. The molecule has 0 saturated heterocycles. The van der Waals surface area contributed by atoms with Gasteiger partial charge in [0.1, 0.15) is 0 Å². The summed E-state index contributed by atoms with van der Waals surface area (Å²) in [6.45, 7) is 1.89. The minimum atomic E-state index is 0.00562. The Labute approximate surface area is 114 Å². The van der Waals surface area contributed by atoms with Crippen LogP contribution < -0.4 is 0 Å². The fourth-order valence-electron chi connectivity index (χ4n) is 1.58. The fourth-order valence-corrected chi connectivity index (χ4v) is 2.10. The Morgan fingerprint density at radius 2 is 1.82 bits per heavy atom. The van der Waals surface area contributed by atoms with Crippen LogP contribution >= 0.6 is 27.5 Å². The first kappa shape index (κ1) is 12.3. The number of benzene rings is 2. The highest BCUT2D eigenvalue weighted by atomic mass is 79.9. The van der Waals surface area contributed by atoms with Gasteiger partial charge in [-0.1, -0.05) is 39.7 Å². The molecule has 2 aromatic carbocycles. The van der Waals surface area contributed by atoms with Crippen molar-refractivity contribution in [2.45, 2.75) is 6.92 Å². The van der Waals surface area contributed by atoms with Gasteiger partial charge in [0.2, 0.25) is 0 Å². The highest BCUT2D eigenvalue weighted by Crippen LogP contribution is 2.20. The van der Waals surface area contributed by atoms with Gasteiger partial charge in [-0.3, -0.25) is 4.79 Å². The van der Waals surface area contributed by atoms with Crippen LogP contribution in [-0.2, 0) is 0 Å². The lowest BCUT2D eigenvalue weighted by Gasteiger charge is -2.04. The van der Waals surface area contributed by atoms with Crippen molar-refractivity contribution in [3.05, 3.63) is 68.7 Å². The standard InChI is InChI=1S/C14H10BrClO/c1-9-7-11(5-6-13(9)16)14(17)10-3-2-4-12(15)8-10/h2-8H,1H3. The summed E-state index contributed by atoms with van der Waals surface area (Å²) in [7, 11) is 0. The highest BCUT2D eigenvalue weighted by Gasteiger charge is 2.10. The van der Waals surface area contributed by atoms with Gasteiger partial charge in [0, 0.05) is 20.6 Å². The Kier molecular flexibility index (Phi) is 3.65. The molecule has 0 amide bonds. The van der Waals surface area contributed by atoms with Crippen LogP contribution in [0.4, 0.5) is 0 Å². The Morgan fingerprint density at radius 1 is 1.12 bits per heavy atom. The van der Waals surface area contributed by atoms with Crippen molar-refractivity contribution in [1.29, 1.82) is 0 Å². The number of halogens is 2. The lowest BCUT2D eigenvalue weighted by molar-refractivity contribution is 0.103. The minimum Gasteiger partial charge on any atom is -0.289 e. The average Bonchev–Trinajstić information content (AvgIpc) is 2.32. The average molecular weight is 310 g/mol. The molecule has 0 spiro atoms. The van der Waals surface area contributed by atoms with Gasteiger partial charge in [-0.2, -0.15) is 0 Å². The van der Waals surface area contributed by atoms with E-state index in [-0.39, 0.29) is 5.78 Å². The van der Waals surface area contributed by atoms with Gasteiger partial charge < -0.3 is 0 Å². The van der Waals surface area contributed by atoms with Crippen molar-refractivity contribution >= 4 is 33.3 Å². The molecule has 0 aromatic heterocycles. The lowest BCUT2D eigenvalue weighted by Crippen LogP contribution is -2.01. The van der Waals surface area contributed by atoms with Gasteiger partial charge in [-0.15, -0.1) is 0 Å². The molecule has 0 heterocycles. The van der Waals surface area contributed by atoms with E-state index in [2.05, 4.69) is 15.9 Å². The first-order valence-corrected chi connectivity index (χ1v) is 6.31. The molecule has 17 heavy (non-hydrogen) atoms. The van der Waals surface area contributed by atoms with E-state index in [1.165, 1.54) is 0 Å². The second-order valence-electron chi connectivity index (χ2n) is 3.80. The summed E-state index contributed by atoms with van der Waals surface area (Å²) in [4.78, 5) is 12.2. The summed E-state index contributed by atoms with van der Waals surface area (Å²) >= 11 is 9.29. The van der Waals surface area contributed by atoms with Crippen molar-refractivity contribution in [2.75, 3.05) is 0 Å². The zero-order valence-corrected chi connectivity index (χ0v) is 11.5. The van der Waals surface area contributed by atoms with Crippen LogP contribution in [0.2, 0.25) is 5.02 Å². The Bertz CT molecular complexity index is 578. The Hall–Kier alpha value is -1.12. The molecule has 0 bridgehead atoms. The summed E-state index contributed by atoms with van der Waals surface area (Å²) in [6.07, 6.45) is 0.